The van der Waals surface area contributed by atoms with Crippen molar-refractivity contribution >= 4 is 0 Å². The molecule has 0 heterocycles. The highest BCUT2D eigenvalue weighted by atomic mass is 19.1. The molecule has 22 heavy (non-hydrogen) atoms. The summed E-state index contributed by atoms with van der Waals surface area (Å²) in [5.74, 6) is 0.455. The minimum Gasteiger partial charge on any atom is -0.504 e. The third-order valence-electron chi connectivity index (χ3n) is 3.68. The zero-order valence-electron chi connectivity index (χ0n) is 13.0. The first kappa shape index (κ1) is 16.3. The van der Waals surface area contributed by atoms with E-state index in [2.05, 4.69) is 12.2 Å². The number of benzene rings is 2. The number of aromatic hydroxyl groups is 1. The second-order valence-corrected chi connectivity index (χ2v) is 5.45. The molecule has 1 unspecified atom stereocenters. The molecule has 0 aliphatic carbocycles. The van der Waals surface area contributed by atoms with E-state index >= 15 is 0 Å². The molecule has 2 aromatic carbocycles. The van der Waals surface area contributed by atoms with Crippen LogP contribution in [-0.4, -0.2) is 18.3 Å². The number of halogens is 1. The van der Waals surface area contributed by atoms with Gasteiger partial charge in [-0.1, -0.05) is 18.2 Å². The smallest absolute Gasteiger partial charge is 0.160 e. The molecule has 0 aliphatic heterocycles. The van der Waals surface area contributed by atoms with Gasteiger partial charge in [0.1, 0.15) is 5.82 Å². The lowest BCUT2D eigenvalue weighted by atomic mass is 10.1. The largest absolute Gasteiger partial charge is 0.504 e. The molecule has 0 saturated carbocycles. The normalized spacial score (nSPS) is 12.1. The molecule has 0 spiro atoms. The van der Waals surface area contributed by atoms with Crippen LogP contribution in [0.5, 0.6) is 11.5 Å². The van der Waals surface area contributed by atoms with Crippen molar-refractivity contribution in [3.63, 3.8) is 0 Å². The predicted octanol–water partition coefficient (Wildman–Crippen LogP) is 3.65. The second-order valence-electron chi connectivity index (χ2n) is 5.45. The van der Waals surface area contributed by atoms with Crippen LogP contribution in [0.2, 0.25) is 0 Å². The van der Waals surface area contributed by atoms with Gasteiger partial charge in [0.05, 0.1) is 7.11 Å². The van der Waals surface area contributed by atoms with Crippen LogP contribution in [0.25, 0.3) is 0 Å². The fourth-order valence-corrected chi connectivity index (χ4v) is 2.26. The SMILES string of the molecule is COc1cc(CCC(C)NCc2ccc(F)cc2)ccc1O. The molecule has 0 aromatic heterocycles. The molecule has 3 nitrogen and oxygen atoms in total. The van der Waals surface area contributed by atoms with Gasteiger partial charge in [-0.3, -0.25) is 0 Å². The fourth-order valence-electron chi connectivity index (χ4n) is 2.26. The Morgan fingerprint density at radius 3 is 2.50 bits per heavy atom. The van der Waals surface area contributed by atoms with Gasteiger partial charge in [-0.25, -0.2) is 4.39 Å². The lowest BCUT2D eigenvalue weighted by molar-refractivity contribution is 0.372. The minimum absolute atomic E-state index is 0.161. The third kappa shape index (κ3) is 4.74. The van der Waals surface area contributed by atoms with E-state index in [0.29, 0.717) is 11.8 Å². The number of hydrogen-bond acceptors (Lipinski definition) is 3. The van der Waals surface area contributed by atoms with Crippen molar-refractivity contribution < 1.29 is 14.2 Å². The standard InChI is InChI=1S/C18H22FNO2/c1-13(20-12-15-5-8-16(19)9-6-15)3-4-14-7-10-17(21)18(11-14)22-2/h5-11,13,20-21H,3-4,12H2,1-2H3. The van der Waals surface area contributed by atoms with Crippen LogP contribution in [-0.2, 0) is 13.0 Å². The zero-order chi connectivity index (χ0) is 15.9. The van der Waals surface area contributed by atoms with Gasteiger partial charge in [-0.2, -0.15) is 0 Å². The van der Waals surface area contributed by atoms with Crippen molar-refractivity contribution in [3.05, 3.63) is 59.4 Å². The Bertz CT molecular complexity index is 599. The summed E-state index contributed by atoms with van der Waals surface area (Å²) in [4.78, 5) is 0. The maximum Gasteiger partial charge on any atom is 0.160 e. The molecular formula is C18H22FNO2. The van der Waals surface area contributed by atoms with Crippen molar-refractivity contribution in [1.29, 1.82) is 0 Å². The highest BCUT2D eigenvalue weighted by Gasteiger charge is 2.06. The summed E-state index contributed by atoms with van der Waals surface area (Å²) in [6.07, 6.45) is 1.86. The second kappa shape index (κ2) is 7.80. The van der Waals surface area contributed by atoms with Crippen LogP contribution >= 0.6 is 0 Å². The Morgan fingerprint density at radius 2 is 1.82 bits per heavy atom. The molecule has 2 N–H and O–H groups in total. The highest BCUT2D eigenvalue weighted by Crippen LogP contribution is 2.26. The number of phenols is 1. The lowest BCUT2D eigenvalue weighted by Crippen LogP contribution is -2.25. The number of nitrogens with one attached hydrogen (secondary N) is 1. The maximum absolute atomic E-state index is 12.8. The molecule has 2 aromatic rings. The van der Waals surface area contributed by atoms with Crippen LogP contribution in [0.4, 0.5) is 4.39 Å². The number of phenolic OH excluding ortho intramolecular Hbond substituents is 1. The Labute approximate surface area is 130 Å². The molecule has 118 valence electrons. The summed E-state index contributed by atoms with van der Waals surface area (Å²) in [5, 5.41) is 13.0. The first-order chi connectivity index (χ1) is 10.6. The quantitative estimate of drug-likeness (QED) is 0.820. The molecule has 1 atom stereocenters. The number of ether oxygens (including phenoxy) is 1. The molecule has 0 aliphatic rings. The number of aryl methyl sites for hydroxylation is 1. The van der Waals surface area contributed by atoms with Gasteiger partial charge in [0, 0.05) is 12.6 Å². The summed E-state index contributed by atoms with van der Waals surface area (Å²) in [6.45, 7) is 2.85. The van der Waals surface area contributed by atoms with E-state index in [-0.39, 0.29) is 11.6 Å². The Balaban J connectivity index is 1.80. The van der Waals surface area contributed by atoms with Crippen LogP contribution in [0.3, 0.4) is 0 Å². The van der Waals surface area contributed by atoms with E-state index in [1.54, 1.807) is 25.3 Å². The number of hydrogen-bond donors (Lipinski definition) is 2. The fraction of sp³-hybridized carbons (Fsp3) is 0.333. The third-order valence-corrected chi connectivity index (χ3v) is 3.68. The van der Waals surface area contributed by atoms with Crippen molar-refractivity contribution in [2.45, 2.75) is 32.4 Å². The summed E-state index contributed by atoms with van der Waals surface area (Å²) in [6, 6.07) is 12.3. The summed E-state index contributed by atoms with van der Waals surface area (Å²) in [7, 11) is 1.55. The summed E-state index contributed by atoms with van der Waals surface area (Å²) < 4.78 is 17.9. The van der Waals surface area contributed by atoms with E-state index in [1.165, 1.54) is 12.1 Å². The average molecular weight is 303 g/mol. The molecule has 0 saturated heterocycles. The monoisotopic (exact) mass is 303 g/mol. The molecule has 0 bridgehead atoms. The van der Waals surface area contributed by atoms with Crippen LogP contribution in [0, 0.1) is 5.82 Å². The highest BCUT2D eigenvalue weighted by molar-refractivity contribution is 5.41. The van der Waals surface area contributed by atoms with Crippen LogP contribution in [0.15, 0.2) is 42.5 Å². The number of rotatable bonds is 7. The van der Waals surface area contributed by atoms with Gasteiger partial charge in [-0.15, -0.1) is 0 Å². The zero-order valence-corrected chi connectivity index (χ0v) is 13.0. The number of methoxy groups -OCH3 is 1. The molecule has 4 heteroatoms. The van der Waals surface area contributed by atoms with E-state index < -0.39 is 0 Å². The summed E-state index contributed by atoms with van der Waals surface area (Å²) in [5.41, 5.74) is 2.20. The Kier molecular flexibility index (Phi) is 5.78. The molecular weight excluding hydrogens is 281 g/mol. The van der Waals surface area contributed by atoms with E-state index in [1.807, 2.05) is 12.1 Å². The Morgan fingerprint density at radius 1 is 1.14 bits per heavy atom. The first-order valence-electron chi connectivity index (χ1n) is 7.42. The maximum atomic E-state index is 12.8. The van der Waals surface area contributed by atoms with Crippen molar-refractivity contribution in [3.8, 4) is 11.5 Å². The lowest BCUT2D eigenvalue weighted by Gasteiger charge is -2.14. The topological polar surface area (TPSA) is 41.5 Å². The average Bonchev–Trinajstić information content (AvgIpc) is 2.53. The van der Waals surface area contributed by atoms with Crippen molar-refractivity contribution in [2.24, 2.45) is 0 Å². The van der Waals surface area contributed by atoms with Gasteiger partial charge in [-0.05, 0) is 55.2 Å². The van der Waals surface area contributed by atoms with Crippen LogP contribution < -0.4 is 10.1 Å². The Hall–Kier alpha value is -2.07. The first-order valence-corrected chi connectivity index (χ1v) is 7.42. The van der Waals surface area contributed by atoms with Gasteiger partial charge < -0.3 is 15.2 Å². The van der Waals surface area contributed by atoms with E-state index in [0.717, 1.165) is 30.5 Å². The van der Waals surface area contributed by atoms with Gasteiger partial charge in [0.15, 0.2) is 11.5 Å². The van der Waals surface area contributed by atoms with Gasteiger partial charge in [0.2, 0.25) is 0 Å². The van der Waals surface area contributed by atoms with Gasteiger partial charge in [0.25, 0.3) is 0 Å². The predicted molar refractivity (Wildman–Crippen MR) is 85.7 cm³/mol. The molecule has 2 rings (SSSR count). The summed E-state index contributed by atoms with van der Waals surface area (Å²) >= 11 is 0. The van der Waals surface area contributed by atoms with E-state index in [9.17, 15) is 9.50 Å². The molecule has 0 fully saturated rings. The van der Waals surface area contributed by atoms with Crippen molar-refractivity contribution in [2.75, 3.05) is 7.11 Å². The molecule has 0 amide bonds. The van der Waals surface area contributed by atoms with Crippen LogP contribution in [0.1, 0.15) is 24.5 Å². The van der Waals surface area contributed by atoms with E-state index in [4.69, 9.17) is 4.74 Å². The van der Waals surface area contributed by atoms with Crippen molar-refractivity contribution in [1.82, 2.24) is 5.32 Å². The molecule has 0 radical (unpaired) electrons. The minimum atomic E-state index is -0.210. The van der Waals surface area contributed by atoms with Gasteiger partial charge >= 0.3 is 0 Å².